The largest absolute Gasteiger partial charge is 0.463 e. The minimum absolute atomic E-state index is 0.294. The first-order chi connectivity index (χ1) is 13.3. The number of hydrogen-bond acceptors (Lipinski definition) is 2. The van der Waals surface area contributed by atoms with Crippen LogP contribution in [0.15, 0.2) is 24.8 Å². The van der Waals surface area contributed by atoms with E-state index in [0.29, 0.717) is 6.61 Å². The Morgan fingerprint density at radius 3 is 2.30 bits per heavy atom. The molecule has 4 aliphatic rings. The first kappa shape index (κ1) is 19.3. The van der Waals surface area contributed by atoms with Crippen LogP contribution in [0.2, 0.25) is 0 Å². The van der Waals surface area contributed by atoms with E-state index >= 15 is 0 Å². The van der Waals surface area contributed by atoms with E-state index < -0.39 is 0 Å². The van der Waals surface area contributed by atoms with Gasteiger partial charge in [-0.2, -0.15) is 0 Å². The molecule has 150 valence electrons. The second-order valence-corrected chi connectivity index (χ2v) is 9.75. The van der Waals surface area contributed by atoms with Gasteiger partial charge >= 0.3 is 5.97 Å². The highest BCUT2D eigenvalue weighted by Gasteiger charge is 2.60. The lowest BCUT2D eigenvalue weighted by Crippen LogP contribution is -2.30. The molecule has 0 amide bonds. The Balaban J connectivity index is 1.01. The molecule has 7 unspecified atom stereocenters. The molecule has 3 fully saturated rings. The van der Waals surface area contributed by atoms with Crippen molar-refractivity contribution in [2.45, 2.75) is 77.0 Å². The molecule has 4 rings (SSSR count). The van der Waals surface area contributed by atoms with Gasteiger partial charge in [-0.1, -0.05) is 70.1 Å². The van der Waals surface area contributed by atoms with Crippen LogP contribution in [0.1, 0.15) is 77.0 Å². The molecule has 4 aliphatic carbocycles. The molecule has 2 heteroatoms. The average Bonchev–Trinajstić information content (AvgIpc) is 3.44. The summed E-state index contributed by atoms with van der Waals surface area (Å²) in [6, 6.07) is 0. The van der Waals surface area contributed by atoms with Crippen molar-refractivity contribution in [1.82, 2.24) is 0 Å². The summed E-state index contributed by atoms with van der Waals surface area (Å²) < 4.78 is 5.00. The van der Waals surface area contributed by atoms with Crippen LogP contribution in [-0.4, -0.2) is 12.6 Å². The topological polar surface area (TPSA) is 26.3 Å². The molecule has 0 aliphatic heterocycles. The highest BCUT2D eigenvalue weighted by atomic mass is 16.5. The Hall–Kier alpha value is -1.05. The Labute approximate surface area is 165 Å². The number of esters is 1. The standard InChI is InChI=1S/C25H38O2/c1-2-23(26)27-14-10-8-6-4-3-5-7-9-11-18-15-21-17-22(18)25-20-13-12-19(16-20)24(21)25/h2,12-13,18-22,24-25H,1,3-11,14-17H2. The second kappa shape index (κ2) is 8.97. The van der Waals surface area contributed by atoms with E-state index in [1.165, 1.54) is 63.9 Å². The van der Waals surface area contributed by atoms with E-state index in [1.807, 2.05) is 0 Å². The number of hydrogen-bond donors (Lipinski definition) is 0. The van der Waals surface area contributed by atoms with Gasteiger partial charge in [0.05, 0.1) is 6.61 Å². The minimum Gasteiger partial charge on any atom is -0.463 e. The van der Waals surface area contributed by atoms with E-state index in [9.17, 15) is 4.79 Å². The zero-order valence-corrected chi connectivity index (χ0v) is 17.0. The normalized spacial score (nSPS) is 37.7. The second-order valence-electron chi connectivity index (χ2n) is 9.75. The summed E-state index contributed by atoms with van der Waals surface area (Å²) in [6.45, 7) is 3.96. The van der Waals surface area contributed by atoms with E-state index in [2.05, 4.69) is 18.7 Å². The lowest BCUT2D eigenvalue weighted by atomic mass is 9.68. The molecule has 0 aromatic carbocycles. The third kappa shape index (κ3) is 4.20. The van der Waals surface area contributed by atoms with Gasteiger partial charge in [-0.15, -0.1) is 0 Å². The molecule has 3 saturated carbocycles. The van der Waals surface area contributed by atoms with E-state index in [1.54, 1.807) is 12.8 Å². The van der Waals surface area contributed by atoms with Crippen LogP contribution < -0.4 is 0 Å². The third-order valence-corrected chi connectivity index (χ3v) is 8.29. The van der Waals surface area contributed by atoms with Gasteiger partial charge in [0.25, 0.3) is 0 Å². The molecule has 0 radical (unpaired) electrons. The van der Waals surface area contributed by atoms with Crippen LogP contribution in [-0.2, 0) is 9.53 Å². The summed E-state index contributed by atoms with van der Waals surface area (Å²) in [7, 11) is 0. The van der Waals surface area contributed by atoms with Gasteiger partial charge in [0.15, 0.2) is 0 Å². The van der Waals surface area contributed by atoms with Crippen LogP contribution in [0.5, 0.6) is 0 Å². The molecular weight excluding hydrogens is 332 g/mol. The zero-order chi connectivity index (χ0) is 18.6. The van der Waals surface area contributed by atoms with Crippen LogP contribution >= 0.6 is 0 Å². The first-order valence-corrected chi connectivity index (χ1v) is 11.8. The molecule has 0 aromatic heterocycles. The Kier molecular flexibility index (Phi) is 6.40. The summed E-state index contributed by atoms with van der Waals surface area (Å²) in [4.78, 5) is 10.9. The first-order valence-electron chi connectivity index (χ1n) is 11.8. The molecular formula is C25H38O2. The molecule has 2 nitrogen and oxygen atoms in total. The van der Waals surface area contributed by atoms with Gasteiger partial charge in [0, 0.05) is 6.08 Å². The molecule has 0 saturated heterocycles. The van der Waals surface area contributed by atoms with Crippen molar-refractivity contribution in [2.75, 3.05) is 6.61 Å². The predicted molar refractivity (Wildman–Crippen MR) is 110 cm³/mol. The van der Waals surface area contributed by atoms with Gasteiger partial charge in [-0.25, -0.2) is 4.79 Å². The quantitative estimate of drug-likeness (QED) is 0.132. The SMILES string of the molecule is C=CC(=O)OCCCCCCCCCCC1CC2CC1C1C3C=CC(C3)C21. The number of rotatable bonds is 12. The Bertz CT molecular complexity index is 551. The number of fused-ring (bicyclic) bond motifs is 9. The van der Waals surface area contributed by atoms with Gasteiger partial charge in [-0.05, 0) is 67.1 Å². The maximum Gasteiger partial charge on any atom is 0.330 e. The van der Waals surface area contributed by atoms with Gasteiger partial charge in [-0.3, -0.25) is 0 Å². The van der Waals surface area contributed by atoms with Crippen molar-refractivity contribution in [3.05, 3.63) is 24.8 Å². The van der Waals surface area contributed by atoms with Crippen molar-refractivity contribution in [3.8, 4) is 0 Å². The lowest BCUT2D eigenvalue weighted by Gasteiger charge is -2.36. The monoisotopic (exact) mass is 370 g/mol. The van der Waals surface area contributed by atoms with Crippen molar-refractivity contribution >= 4 is 5.97 Å². The zero-order valence-electron chi connectivity index (χ0n) is 17.0. The predicted octanol–water partition coefficient (Wildman–Crippen LogP) is 6.32. The summed E-state index contributed by atoms with van der Waals surface area (Å²) in [6.07, 6.45) is 23.0. The minimum atomic E-state index is -0.294. The highest BCUT2D eigenvalue weighted by molar-refractivity contribution is 5.81. The van der Waals surface area contributed by atoms with Crippen LogP contribution in [0.3, 0.4) is 0 Å². The van der Waals surface area contributed by atoms with E-state index in [-0.39, 0.29) is 5.97 Å². The van der Waals surface area contributed by atoms with Crippen LogP contribution in [0.4, 0.5) is 0 Å². The fourth-order valence-corrected chi connectivity index (χ4v) is 7.29. The van der Waals surface area contributed by atoms with Crippen molar-refractivity contribution in [1.29, 1.82) is 0 Å². The third-order valence-electron chi connectivity index (χ3n) is 8.29. The Morgan fingerprint density at radius 2 is 1.56 bits per heavy atom. The highest BCUT2D eigenvalue weighted by Crippen LogP contribution is 2.67. The van der Waals surface area contributed by atoms with Gasteiger partial charge in [0.2, 0.25) is 0 Å². The number of carbonyl (C=O) groups is 1. The molecule has 7 atom stereocenters. The molecule has 27 heavy (non-hydrogen) atoms. The van der Waals surface area contributed by atoms with Gasteiger partial charge < -0.3 is 4.74 Å². The summed E-state index contributed by atoms with van der Waals surface area (Å²) in [5.74, 6) is 7.10. The average molecular weight is 371 g/mol. The van der Waals surface area contributed by atoms with Gasteiger partial charge in [0.1, 0.15) is 0 Å². The summed E-state index contributed by atoms with van der Waals surface area (Å²) in [5.41, 5.74) is 0. The number of allylic oxidation sites excluding steroid dienone is 2. The number of ether oxygens (including phenoxy) is 1. The van der Waals surface area contributed by atoms with Crippen molar-refractivity contribution < 1.29 is 9.53 Å². The van der Waals surface area contributed by atoms with Crippen LogP contribution in [0, 0.1) is 41.4 Å². The van der Waals surface area contributed by atoms with Crippen molar-refractivity contribution in [3.63, 3.8) is 0 Å². The summed E-state index contributed by atoms with van der Waals surface area (Å²) in [5, 5.41) is 0. The fraction of sp³-hybridized carbons (Fsp3) is 0.800. The molecule has 0 spiro atoms. The maximum atomic E-state index is 10.9. The van der Waals surface area contributed by atoms with Crippen LogP contribution in [0.25, 0.3) is 0 Å². The molecule has 0 aromatic rings. The molecule has 4 bridgehead atoms. The van der Waals surface area contributed by atoms with E-state index in [0.717, 1.165) is 47.8 Å². The smallest absolute Gasteiger partial charge is 0.330 e. The number of carbonyl (C=O) groups excluding carboxylic acids is 1. The van der Waals surface area contributed by atoms with E-state index in [4.69, 9.17) is 4.74 Å². The lowest BCUT2D eigenvalue weighted by molar-refractivity contribution is -0.137. The summed E-state index contributed by atoms with van der Waals surface area (Å²) >= 11 is 0. The maximum absolute atomic E-state index is 10.9. The Morgan fingerprint density at radius 1 is 0.889 bits per heavy atom. The van der Waals surface area contributed by atoms with Crippen molar-refractivity contribution in [2.24, 2.45) is 41.4 Å². The molecule has 0 heterocycles. The fourth-order valence-electron chi connectivity index (χ4n) is 7.29. The molecule has 0 N–H and O–H groups in total. The number of unbranched alkanes of at least 4 members (excludes halogenated alkanes) is 7.